The lowest BCUT2D eigenvalue weighted by atomic mass is 9.83. The van der Waals surface area contributed by atoms with Crippen LogP contribution in [0.25, 0.3) is 21.5 Å². The molecule has 0 aliphatic heterocycles. The summed E-state index contributed by atoms with van der Waals surface area (Å²) in [4.78, 5) is 0. The highest BCUT2D eigenvalue weighted by Crippen LogP contribution is 2.42. The van der Waals surface area contributed by atoms with E-state index in [1.54, 1.807) is 24.3 Å². The van der Waals surface area contributed by atoms with Crippen LogP contribution in [-0.2, 0) is 10.4 Å². The maximum atomic E-state index is 16.9. The molecule has 0 saturated carbocycles. The van der Waals surface area contributed by atoms with Crippen molar-refractivity contribution in [2.75, 3.05) is 13.2 Å². The fourth-order valence-electron chi connectivity index (χ4n) is 5.91. The van der Waals surface area contributed by atoms with Crippen LogP contribution in [0, 0.1) is 5.82 Å². The lowest BCUT2D eigenvalue weighted by Gasteiger charge is -2.32. The summed E-state index contributed by atoms with van der Waals surface area (Å²) in [5.74, 6) is -0.0781. The first-order chi connectivity index (χ1) is 20.1. The second-order valence-electron chi connectivity index (χ2n) is 11.5. The lowest BCUT2D eigenvalue weighted by molar-refractivity contribution is -0.0129. The number of alkyl halides is 1. The van der Waals surface area contributed by atoms with Crippen molar-refractivity contribution in [1.29, 1.82) is 0 Å². The third kappa shape index (κ3) is 7.97. The predicted molar refractivity (Wildman–Crippen MR) is 169 cm³/mol. The third-order valence-electron chi connectivity index (χ3n) is 8.32. The molecule has 2 atom stereocenters. The van der Waals surface area contributed by atoms with Crippen LogP contribution in [0.4, 0.5) is 8.78 Å². The van der Waals surface area contributed by atoms with E-state index in [2.05, 4.69) is 13.8 Å². The van der Waals surface area contributed by atoms with Gasteiger partial charge in [-0.3, -0.25) is 0 Å². The summed E-state index contributed by atoms with van der Waals surface area (Å²) >= 11 is 0. The van der Waals surface area contributed by atoms with Crippen LogP contribution in [0.15, 0.2) is 66.8 Å². The first-order valence-electron chi connectivity index (χ1n) is 16.0. The molecule has 2 nitrogen and oxygen atoms in total. The number of allylic oxidation sites excluding steroid dienone is 2. The van der Waals surface area contributed by atoms with Crippen molar-refractivity contribution in [2.24, 2.45) is 0 Å². The van der Waals surface area contributed by atoms with E-state index < -0.39 is 11.8 Å². The maximum absolute atomic E-state index is 16.9. The van der Waals surface area contributed by atoms with Crippen molar-refractivity contribution in [1.82, 2.24) is 0 Å². The smallest absolute Gasteiger partial charge is 0.184 e. The number of hydrogen-bond donors (Lipinski definition) is 0. The molecule has 2 unspecified atom stereocenters. The first kappa shape index (κ1) is 31.2. The van der Waals surface area contributed by atoms with Gasteiger partial charge in [0.1, 0.15) is 6.10 Å². The Morgan fingerprint density at radius 2 is 1.27 bits per heavy atom. The molecule has 222 valence electrons. The van der Waals surface area contributed by atoms with Crippen LogP contribution in [0.2, 0.25) is 0 Å². The van der Waals surface area contributed by atoms with Gasteiger partial charge in [-0.1, -0.05) is 133 Å². The molecule has 0 aromatic heterocycles. The summed E-state index contributed by atoms with van der Waals surface area (Å²) in [6.07, 6.45) is 21.6. The minimum atomic E-state index is -1.80. The molecule has 3 aromatic carbocycles. The third-order valence-corrected chi connectivity index (χ3v) is 8.32. The van der Waals surface area contributed by atoms with Gasteiger partial charge in [0.05, 0.1) is 6.61 Å². The maximum Gasteiger partial charge on any atom is 0.184 e. The van der Waals surface area contributed by atoms with Crippen LogP contribution in [0.1, 0.15) is 103 Å². The van der Waals surface area contributed by atoms with E-state index in [4.69, 9.17) is 9.47 Å². The van der Waals surface area contributed by atoms with Gasteiger partial charge in [0.25, 0.3) is 0 Å². The number of benzene rings is 3. The summed E-state index contributed by atoms with van der Waals surface area (Å²) in [5.41, 5.74) is -1.26. The normalized spacial score (nSPS) is 18.5. The van der Waals surface area contributed by atoms with Gasteiger partial charge in [-0.2, -0.15) is 0 Å². The van der Waals surface area contributed by atoms with Crippen LogP contribution < -0.4 is 4.74 Å². The Labute approximate surface area is 245 Å². The van der Waals surface area contributed by atoms with Crippen LogP contribution in [0.5, 0.6) is 5.75 Å². The summed E-state index contributed by atoms with van der Waals surface area (Å²) in [7, 11) is 0. The van der Waals surface area contributed by atoms with Crippen LogP contribution >= 0.6 is 0 Å². The van der Waals surface area contributed by atoms with E-state index in [-0.39, 0.29) is 11.6 Å². The average Bonchev–Trinajstić information content (AvgIpc) is 2.99. The van der Waals surface area contributed by atoms with Gasteiger partial charge in [-0.15, -0.1) is 0 Å². The summed E-state index contributed by atoms with van der Waals surface area (Å²) in [5, 5.41) is 2.85. The predicted octanol–water partition coefficient (Wildman–Crippen LogP) is 11.3. The van der Waals surface area contributed by atoms with Crippen molar-refractivity contribution in [3.63, 3.8) is 0 Å². The Morgan fingerprint density at radius 3 is 2.00 bits per heavy atom. The molecular weight excluding hydrogens is 514 g/mol. The standard InChI is InChI=1S/C37H48F2O2/c1-3-5-7-9-10-11-13-17-28-41-35-21-14-15-26-37(35,39)33-20-18-19-29-30-24-25-34(40-27-16-12-8-6-4-2)36(38)32(30)23-22-31(29)33/h14-15,18-26,35H,3-13,16-17,27-28H2,1-2H3. The minimum absolute atomic E-state index is 0.278. The van der Waals surface area contributed by atoms with E-state index in [0.717, 1.165) is 41.8 Å². The minimum Gasteiger partial charge on any atom is -0.490 e. The molecular formula is C37H48F2O2. The molecule has 0 N–H and O–H groups in total. The van der Waals surface area contributed by atoms with E-state index in [1.165, 1.54) is 57.8 Å². The second-order valence-corrected chi connectivity index (χ2v) is 11.5. The molecule has 0 heterocycles. The molecule has 4 heteroatoms. The molecule has 0 saturated heterocycles. The van der Waals surface area contributed by atoms with E-state index in [1.807, 2.05) is 42.5 Å². The summed E-state index contributed by atoms with van der Waals surface area (Å²) in [6, 6.07) is 12.8. The number of rotatable bonds is 18. The SMILES string of the molecule is CCCCCCCCCCOC1C=CC=CC1(F)c1cccc2c1ccc1c(F)c(OCCCCCCC)ccc12. The Bertz CT molecular complexity index is 1300. The summed E-state index contributed by atoms with van der Waals surface area (Å²) in [6.45, 7) is 5.47. The highest BCUT2D eigenvalue weighted by Gasteiger charge is 2.40. The molecule has 0 amide bonds. The summed E-state index contributed by atoms with van der Waals surface area (Å²) < 4.78 is 44.3. The Hall–Kier alpha value is -2.72. The quantitative estimate of drug-likeness (QED) is 0.113. The number of fused-ring (bicyclic) bond motifs is 3. The topological polar surface area (TPSA) is 18.5 Å². The zero-order valence-electron chi connectivity index (χ0n) is 25.1. The fraction of sp³-hybridized carbons (Fsp3) is 0.514. The molecule has 4 rings (SSSR count). The van der Waals surface area contributed by atoms with E-state index in [9.17, 15) is 0 Å². The van der Waals surface area contributed by atoms with E-state index in [0.29, 0.717) is 24.2 Å². The monoisotopic (exact) mass is 562 g/mol. The molecule has 1 aliphatic rings. The van der Waals surface area contributed by atoms with Gasteiger partial charge in [0.2, 0.25) is 0 Å². The van der Waals surface area contributed by atoms with Crippen molar-refractivity contribution >= 4 is 21.5 Å². The molecule has 3 aromatic rings. The molecule has 0 fully saturated rings. The molecule has 0 radical (unpaired) electrons. The Balaban J connectivity index is 1.46. The molecule has 41 heavy (non-hydrogen) atoms. The highest BCUT2D eigenvalue weighted by molar-refractivity contribution is 6.09. The molecule has 1 aliphatic carbocycles. The highest BCUT2D eigenvalue weighted by atomic mass is 19.1. The number of hydrogen-bond acceptors (Lipinski definition) is 2. The van der Waals surface area contributed by atoms with Crippen molar-refractivity contribution in [3.8, 4) is 5.75 Å². The van der Waals surface area contributed by atoms with E-state index >= 15 is 8.78 Å². The van der Waals surface area contributed by atoms with Crippen molar-refractivity contribution in [2.45, 2.75) is 109 Å². The van der Waals surface area contributed by atoms with Gasteiger partial charge in [0.15, 0.2) is 17.2 Å². The fourth-order valence-corrected chi connectivity index (χ4v) is 5.91. The van der Waals surface area contributed by atoms with Gasteiger partial charge in [-0.05, 0) is 47.2 Å². The number of unbranched alkanes of at least 4 members (excludes halogenated alkanes) is 11. The van der Waals surface area contributed by atoms with Crippen LogP contribution in [-0.4, -0.2) is 19.3 Å². The van der Waals surface area contributed by atoms with Gasteiger partial charge < -0.3 is 9.47 Å². The van der Waals surface area contributed by atoms with Crippen LogP contribution in [0.3, 0.4) is 0 Å². The van der Waals surface area contributed by atoms with Crippen molar-refractivity contribution < 1.29 is 18.3 Å². The number of ether oxygens (including phenoxy) is 2. The Kier molecular flexibility index (Phi) is 12.2. The average molecular weight is 563 g/mol. The first-order valence-corrected chi connectivity index (χ1v) is 16.0. The molecule has 0 spiro atoms. The molecule has 0 bridgehead atoms. The van der Waals surface area contributed by atoms with Gasteiger partial charge in [0, 0.05) is 17.6 Å². The van der Waals surface area contributed by atoms with Crippen molar-refractivity contribution in [3.05, 3.63) is 78.1 Å². The second kappa shape index (κ2) is 16.1. The Morgan fingerprint density at radius 1 is 0.659 bits per heavy atom. The zero-order chi connectivity index (χ0) is 28.9. The largest absolute Gasteiger partial charge is 0.490 e. The zero-order valence-corrected chi connectivity index (χ0v) is 25.1. The van der Waals surface area contributed by atoms with Gasteiger partial charge >= 0.3 is 0 Å². The lowest BCUT2D eigenvalue weighted by Crippen LogP contribution is -2.36. The number of halogens is 2. The van der Waals surface area contributed by atoms with Gasteiger partial charge in [-0.25, -0.2) is 8.78 Å².